The van der Waals surface area contributed by atoms with E-state index in [0.717, 1.165) is 0 Å². The van der Waals surface area contributed by atoms with E-state index in [2.05, 4.69) is 24.3 Å². The molecule has 2 aromatic carbocycles. The molecule has 1 N–H and O–H groups in total. The van der Waals surface area contributed by atoms with Gasteiger partial charge in [0.1, 0.15) is 5.82 Å². The lowest BCUT2D eigenvalue weighted by Crippen LogP contribution is -2.28. The summed E-state index contributed by atoms with van der Waals surface area (Å²) in [6, 6.07) is 12.0. The van der Waals surface area contributed by atoms with Crippen molar-refractivity contribution >= 4 is 28.9 Å². The number of anilines is 1. The van der Waals surface area contributed by atoms with Gasteiger partial charge in [-0.05, 0) is 35.7 Å². The lowest BCUT2D eigenvalue weighted by molar-refractivity contribution is -0.125. The molecule has 0 aromatic heterocycles. The van der Waals surface area contributed by atoms with Crippen LogP contribution in [0.4, 0.5) is 10.1 Å². The minimum absolute atomic E-state index is 0.163. The number of oxime groups is 1. The van der Waals surface area contributed by atoms with Crippen LogP contribution in [0.1, 0.15) is 37.3 Å². The number of hydrogen-bond acceptors (Lipinski definition) is 3. The average molecular weight is 361 g/mol. The number of halogens is 2. The molecule has 4 nitrogen and oxygen atoms in total. The highest BCUT2D eigenvalue weighted by Crippen LogP contribution is 2.26. The van der Waals surface area contributed by atoms with Crippen LogP contribution in [0, 0.1) is 5.82 Å². The Morgan fingerprint density at radius 1 is 1.28 bits per heavy atom. The number of carbonyl (C=O) groups is 1. The first-order valence-electron chi connectivity index (χ1n) is 8.03. The summed E-state index contributed by atoms with van der Waals surface area (Å²) in [5.74, 6) is -0.395. The minimum atomic E-state index is -0.810. The number of hydrogen-bond donors (Lipinski definition) is 1. The number of rotatable bonds is 4. The molecule has 0 saturated heterocycles. The standard InChI is InChI=1S/C19H18ClFN2O2/c1-11(2)12-6-8-13(9-7-12)22-19(24)17-10-16(23-25-17)18-14(20)4-3-5-15(18)21/h3-9,11,17H,10H2,1-2H3,(H,22,24). The van der Waals surface area contributed by atoms with Crippen molar-refractivity contribution in [3.05, 3.63) is 64.4 Å². The van der Waals surface area contributed by atoms with Crippen LogP contribution >= 0.6 is 11.6 Å². The molecular weight excluding hydrogens is 343 g/mol. The zero-order chi connectivity index (χ0) is 18.0. The molecule has 1 aliphatic heterocycles. The highest BCUT2D eigenvalue weighted by Gasteiger charge is 2.31. The zero-order valence-electron chi connectivity index (χ0n) is 13.9. The predicted octanol–water partition coefficient (Wildman–Crippen LogP) is 4.73. The Hall–Kier alpha value is -2.40. The highest BCUT2D eigenvalue weighted by atomic mass is 35.5. The Labute approximate surface area is 150 Å². The summed E-state index contributed by atoms with van der Waals surface area (Å²) in [5, 5.41) is 6.87. The Kier molecular flexibility index (Phi) is 5.04. The average Bonchev–Trinajstić information content (AvgIpc) is 3.05. The third-order valence-corrected chi connectivity index (χ3v) is 4.37. The molecule has 0 radical (unpaired) electrons. The maximum Gasteiger partial charge on any atom is 0.268 e. The minimum Gasteiger partial charge on any atom is -0.382 e. The van der Waals surface area contributed by atoms with E-state index in [-0.39, 0.29) is 22.9 Å². The van der Waals surface area contributed by atoms with E-state index in [1.165, 1.54) is 17.7 Å². The summed E-state index contributed by atoms with van der Waals surface area (Å²) >= 11 is 6.03. The van der Waals surface area contributed by atoms with Gasteiger partial charge in [0.2, 0.25) is 6.10 Å². The summed E-state index contributed by atoms with van der Waals surface area (Å²) in [7, 11) is 0. The number of amides is 1. The van der Waals surface area contributed by atoms with Crippen LogP contribution in [0.15, 0.2) is 47.6 Å². The van der Waals surface area contributed by atoms with Gasteiger partial charge in [0, 0.05) is 12.1 Å². The molecule has 1 unspecified atom stereocenters. The second-order valence-corrected chi connectivity index (χ2v) is 6.61. The number of nitrogens with zero attached hydrogens (tertiary/aromatic N) is 1. The number of carbonyl (C=O) groups excluding carboxylic acids is 1. The van der Waals surface area contributed by atoms with Crippen LogP contribution in [0.2, 0.25) is 5.02 Å². The van der Waals surface area contributed by atoms with Crippen LogP contribution in [0.5, 0.6) is 0 Å². The summed E-state index contributed by atoms with van der Waals surface area (Å²) < 4.78 is 14.0. The fraction of sp³-hybridized carbons (Fsp3) is 0.263. The maximum absolute atomic E-state index is 14.0. The molecule has 1 aliphatic rings. The van der Waals surface area contributed by atoms with Gasteiger partial charge in [-0.15, -0.1) is 0 Å². The van der Waals surface area contributed by atoms with Crippen LogP contribution in [0.25, 0.3) is 0 Å². The fourth-order valence-corrected chi connectivity index (χ4v) is 2.89. The SMILES string of the molecule is CC(C)c1ccc(NC(=O)C2CC(c3c(F)cccc3Cl)=NO2)cc1. The number of benzene rings is 2. The van der Waals surface area contributed by atoms with Gasteiger partial charge in [0.25, 0.3) is 5.91 Å². The molecular formula is C19H18ClFN2O2. The first-order valence-corrected chi connectivity index (χ1v) is 8.41. The van der Waals surface area contributed by atoms with Crippen molar-refractivity contribution in [1.29, 1.82) is 0 Å². The van der Waals surface area contributed by atoms with Crippen molar-refractivity contribution < 1.29 is 14.0 Å². The van der Waals surface area contributed by atoms with Gasteiger partial charge >= 0.3 is 0 Å². The molecule has 1 atom stereocenters. The largest absolute Gasteiger partial charge is 0.382 e. The Morgan fingerprint density at radius 2 is 2.00 bits per heavy atom. The summed E-state index contributed by atoms with van der Waals surface area (Å²) in [6.45, 7) is 4.21. The zero-order valence-corrected chi connectivity index (χ0v) is 14.7. The van der Waals surface area contributed by atoms with Crippen LogP contribution in [0.3, 0.4) is 0 Å². The molecule has 0 fully saturated rings. The van der Waals surface area contributed by atoms with Gasteiger partial charge in [-0.3, -0.25) is 4.79 Å². The second-order valence-electron chi connectivity index (χ2n) is 6.20. The molecule has 0 aliphatic carbocycles. The van der Waals surface area contributed by atoms with Gasteiger partial charge in [-0.1, -0.05) is 48.8 Å². The molecule has 2 aromatic rings. The van der Waals surface area contributed by atoms with Gasteiger partial charge in [0.05, 0.1) is 16.3 Å². The molecule has 130 valence electrons. The van der Waals surface area contributed by atoms with Crippen molar-refractivity contribution in [3.63, 3.8) is 0 Å². The molecule has 0 bridgehead atoms. The van der Waals surface area contributed by atoms with E-state index in [1.807, 2.05) is 24.3 Å². The number of nitrogens with one attached hydrogen (secondary N) is 1. The lowest BCUT2D eigenvalue weighted by Gasteiger charge is -2.11. The van der Waals surface area contributed by atoms with E-state index >= 15 is 0 Å². The smallest absolute Gasteiger partial charge is 0.268 e. The fourth-order valence-electron chi connectivity index (χ4n) is 2.61. The first kappa shape index (κ1) is 17.4. The van der Waals surface area contributed by atoms with Crippen molar-refractivity contribution in [3.8, 4) is 0 Å². The van der Waals surface area contributed by atoms with Crippen molar-refractivity contribution in [1.82, 2.24) is 0 Å². The van der Waals surface area contributed by atoms with Crippen LogP contribution in [-0.2, 0) is 9.63 Å². The predicted molar refractivity (Wildman–Crippen MR) is 96.6 cm³/mol. The summed E-state index contributed by atoms with van der Waals surface area (Å²) in [4.78, 5) is 17.5. The van der Waals surface area contributed by atoms with Gasteiger partial charge in [-0.25, -0.2) is 4.39 Å². The summed E-state index contributed by atoms with van der Waals surface area (Å²) in [6.07, 6.45) is -0.647. The van der Waals surface area contributed by atoms with Gasteiger partial charge in [-0.2, -0.15) is 0 Å². The maximum atomic E-state index is 14.0. The normalized spacial score (nSPS) is 16.5. The van der Waals surface area contributed by atoms with Crippen molar-refractivity contribution in [2.24, 2.45) is 5.16 Å². The van der Waals surface area contributed by atoms with Gasteiger partial charge in [0.15, 0.2) is 0 Å². The first-order chi connectivity index (χ1) is 12.0. The highest BCUT2D eigenvalue weighted by molar-refractivity contribution is 6.34. The van der Waals surface area contributed by atoms with E-state index < -0.39 is 11.9 Å². The van der Waals surface area contributed by atoms with Crippen molar-refractivity contribution in [2.75, 3.05) is 5.32 Å². The Morgan fingerprint density at radius 3 is 2.64 bits per heavy atom. The quantitative estimate of drug-likeness (QED) is 0.856. The molecule has 1 heterocycles. The Balaban J connectivity index is 1.66. The molecule has 0 saturated carbocycles. The molecule has 1 amide bonds. The Bertz CT molecular complexity index is 798. The molecule has 25 heavy (non-hydrogen) atoms. The van der Waals surface area contributed by atoms with E-state index in [0.29, 0.717) is 17.3 Å². The third-order valence-electron chi connectivity index (χ3n) is 4.06. The topological polar surface area (TPSA) is 50.7 Å². The lowest BCUT2D eigenvalue weighted by atomic mass is 10.0. The monoisotopic (exact) mass is 360 g/mol. The van der Waals surface area contributed by atoms with E-state index in [1.54, 1.807) is 6.07 Å². The van der Waals surface area contributed by atoms with Gasteiger partial charge < -0.3 is 10.2 Å². The molecule has 3 rings (SSSR count). The van der Waals surface area contributed by atoms with Crippen LogP contribution in [-0.4, -0.2) is 17.7 Å². The summed E-state index contributed by atoms with van der Waals surface area (Å²) in [5.41, 5.74) is 2.38. The molecule has 6 heteroatoms. The second kappa shape index (κ2) is 7.23. The van der Waals surface area contributed by atoms with Crippen LogP contribution < -0.4 is 5.32 Å². The third kappa shape index (κ3) is 3.82. The van der Waals surface area contributed by atoms with E-state index in [9.17, 15) is 9.18 Å². The van der Waals surface area contributed by atoms with E-state index in [4.69, 9.17) is 16.4 Å². The van der Waals surface area contributed by atoms with Crippen molar-refractivity contribution in [2.45, 2.75) is 32.3 Å². The molecule has 0 spiro atoms.